The molecule has 1 rings (SSSR count). The van der Waals surface area contributed by atoms with Gasteiger partial charge >= 0.3 is 5.97 Å². The van der Waals surface area contributed by atoms with Crippen LogP contribution in [-0.2, 0) is 14.3 Å². The minimum Gasteiger partial charge on any atom is -0.465 e. The van der Waals surface area contributed by atoms with Crippen molar-refractivity contribution in [3.05, 3.63) is 29.8 Å². The third-order valence-electron chi connectivity index (χ3n) is 3.40. The molecule has 6 nitrogen and oxygen atoms in total. The molecule has 0 aliphatic carbocycles. The van der Waals surface area contributed by atoms with Crippen molar-refractivity contribution in [1.82, 2.24) is 5.32 Å². The molecule has 0 unspecified atom stereocenters. The second-order valence-electron chi connectivity index (χ2n) is 5.16. The van der Waals surface area contributed by atoms with E-state index in [1.807, 2.05) is 6.92 Å². The van der Waals surface area contributed by atoms with E-state index in [1.165, 1.54) is 14.0 Å². The van der Waals surface area contributed by atoms with Gasteiger partial charge in [-0.05, 0) is 30.7 Å². The first-order valence-corrected chi connectivity index (χ1v) is 7.72. The average Bonchev–Trinajstić information content (AvgIpc) is 2.56. The number of hydrogen-bond acceptors (Lipinski definition) is 4. The zero-order valence-electron chi connectivity index (χ0n) is 13.9. The highest BCUT2D eigenvalue weighted by Gasteiger charge is 2.13. The van der Waals surface area contributed by atoms with Crippen LogP contribution in [0, 0.1) is 0 Å². The fourth-order valence-electron chi connectivity index (χ4n) is 2.10. The summed E-state index contributed by atoms with van der Waals surface area (Å²) in [4.78, 5) is 36.3. The van der Waals surface area contributed by atoms with E-state index in [0.717, 1.165) is 12.8 Å². The Morgan fingerprint density at radius 2 is 1.83 bits per heavy atom. The molecule has 23 heavy (non-hydrogen) atoms. The number of methoxy groups -OCH3 is 1. The monoisotopic (exact) mass is 320 g/mol. The van der Waals surface area contributed by atoms with Gasteiger partial charge in [-0.2, -0.15) is 0 Å². The predicted molar refractivity (Wildman–Crippen MR) is 88.3 cm³/mol. The zero-order chi connectivity index (χ0) is 17.2. The van der Waals surface area contributed by atoms with Gasteiger partial charge < -0.3 is 15.0 Å². The lowest BCUT2D eigenvalue weighted by Crippen LogP contribution is -2.37. The minimum atomic E-state index is -0.422. The third kappa shape index (κ3) is 6.10. The van der Waals surface area contributed by atoms with Crippen LogP contribution in [0.25, 0.3) is 0 Å². The fourth-order valence-corrected chi connectivity index (χ4v) is 2.10. The molecule has 0 spiro atoms. The normalized spacial score (nSPS) is 10.0. The zero-order valence-corrected chi connectivity index (χ0v) is 13.9. The average molecular weight is 320 g/mol. The quantitative estimate of drug-likeness (QED) is 0.745. The second-order valence-corrected chi connectivity index (χ2v) is 5.16. The highest BCUT2D eigenvalue weighted by atomic mass is 16.5. The Bertz CT molecular complexity index is 540. The minimum absolute atomic E-state index is 0.00334. The second kappa shape index (κ2) is 9.61. The van der Waals surface area contributed by atoms with Crippen LogP contribution in [0.2, 0.25) is 0 Å². The van der Waals surface area contributed by atoms with E-state index in [-0.39, 0.29) is 11.8 Å². The van der Waals surface area contributed by atoms with Crippen molar-refractivity contribution in [3.63, 3.8) is 0 Å². The number of rotatable bonds is 8. The summed E-state index contributed by atoms with van der Waals surface area (Å²) < 4.78 is 4.64. The molecule has 1 aromatic rings. The van der Waals surface area contributed by atoms with Crippen LogP contribution in [0.4, 0.5) is 5.69 Å². The summed E-state index contributed by atoms with van der Waals surface area (Å²) in [5, 5.41) is 2.80. The Kier molecular flexibility index (Phi) is 7.80. The van der Waals surface area contributed by atoms with E-state index in [2.05, 4.69) is 10.1 Å². The maximum atomic E-state index is 11.8. The Balaban J connectivity index is 2.63. The topological polar surface area (TPSA) is 75.7 Å². The van der Waals surface area contributed by atoms with Gasteiger partial charge in [-0.1, -0.05) is 13.3 Å². The molecular weight excluding hydrogens is 296 g/mol. The van der Waals surface area contributed by atoms with E-state index in [1.54, 1.807) is 29.2 Å². The number of ether oxygens (including phenoxy) is 1. The van der Waals surface area contributed by atoms with E-state index < -0.39 is 5.97 Å². The molecule has 0 saturated heterocycles. The fraction of sp³-hybridized carbons (Fsp3) is 0.471. The van der Waals surface area contributed by atoms with Crippen molar-refractivity contribution >= 4 is 23.5 Å². The summed E-state index contributed by atoms with van der Waals surface area (Å²) in [7, 11) is 1.32. The Morgan fingerprint density at radius 3 is 2.35 bits per heavy atom. The molecule has 6 heteroatoms. The van der Waals surface area contributed by atoms with Crippen LogP contribution < -0.4 is 10.2 Å². The van der Waals surface area contributed by atoms with Crippen LogP contribution in [0.3, 0.4) is 0 Å². The SMILES string of the molecule is CCCCC(=O)NCCN(C(C)=O)c1ccc(C(=O)OC)cc1. The first-order chi connectivity index (χ1) is 11.0. The molecule has 0 bridgehead atoms. The van der Waals surface area contributed by atoms with E-state index >= 15 is 0 Å². The van der Waals surface area contributed by atoms with Crippen LogP contribution >= 0.6 is 0 Å². The largest absolute Gasteiger partial charge is 0.465 e. The van der Waals surface area contributed by atoms with Crippen LogP contribution in [0.5, 0.6) is 0 Å². The molecule has 0 radical (unpaired) electrons. The molecule has 0 heterocycles. The first-order valence-electron chi connectivity index (χ1n) is 7.72. The van der Waals surface area contributed by atoms with Gasteiger partial charge in [-0.15, -0.1) is 0 Å². The van der Waals surface area contributed by atoms with Gasteiger partial charge in [0.05, 0.1) is 12.7 Å². The van der Waals surface area contributed by atoms with Gasteiger partial charge in [0.15, 0.2) is 0 Å². The van der Waals surface area contributed by atoms with Crippen molar-refractivity contribution in [1.29, 1.82) is 0 Å². The lowest BCUT2D eigenvalue weighted by Gasteiger charge is -2.21. The summed E-state index contributed by atoms with van der Waals surface area (Å²) in [6.07, 6.45) is 2.33. The number of benzene rings is 1. The molecule has 0 fully saturated rings. The lowest BCUT2D eigenvalue weighted by atomic mass is 10.2. The summed E-state index contributed by atoms with van der Waals surface area (Å²) >= 11 is 0. The molecule has 0 saturated carbocycles. The Labute approximate surface area is 136 Å². The van der Waals surface area contributed by atoms with Gasteiger partial charge in [0, 0.05) is 32.1 Å². The predicted octanol–water partition coefficient (Wildman–Crippen LogP) is 2.13. The van der Waals surface area contributed by atoms with Crippen LogP contribution in [0.15, 0.2) is 24.3 Å². The van der Waals surface area contributed by atoms with Gasteiger partial charge in [-0.25, -0.2) is 4.79 Å². The summed E-state index contributed by atoms with van der Waals surface area (Å²) in [5.74, 6) is -0.552. The first kappa shape index (κ1) is 18.7. The van der Waals surface area contributed by atoms with Crippen LogP contribution in [-0.4, -0.2) is 38.0 Å². The number of esters is 1. The number of hydrogen-bond donors (Lipinski definition) is 1. The van der Waals surface area contributed by atoms with E-state index in [9.17, 15) is 14.4 Å². The maximum Gasteiger partial charge on any atom is 0.337 e. The molecule has 126 valence electrons. The summed E-state index contributed by atoms with van der Waals surface area (Å²) in [6, 6.07) is 6.59. The number of amides is 2. The molecule has 0 atom stereocenters. The van der Waals surface area contributed by atoms with Gasteiger partial charge in [-0.3, -0.25) is 9.59 Å². The third-order valence-corrected chi connectivity index (χ3v) is 3.40. The number of anilines is 1. The standard InChI is InChI=1S/C17H24N2O4/c1-4-5-6-16(21)18-11-12-19(13(2)20)15-9-7-14(8-10-15)17(22)23-3/h7-10H,4-6,11-12H2,1-3H3,(H,18,21). The molecule has 1 aromatic carbocycles. The van der Waals surface area contributed by atoms with Crippen molar-refractivity contribution in [2.75, 3.05) is 25.1 Å². The molecule has 2 amide bonds. The highest BCUT2D eigenvalue weighted by molar-refractivity contribution is 5.93. The molecule has 0 aliphatic heterocycles. The number of carbonyl (C=O) groups excluding carboxylic acids is 3. The van der Waals surface area contributed by atoms with E-state index in [4.69, 9.17) is 0 Å². The molecule has 0 aromatic heterocycles. The Morgan fingerprint density at radius 1 is 1.17 bits per heavy atom. The van der Waals surface area contributed by atoms with Gasteiger partial charge in [0.2, 0.25) is 11.8 Å². The van der Waals surface area contributed by atoms with Crippen molar-refractivity contribution in [2.24, 2.45) is 0 Å². The number of nitrogens with one attached hydrogen (secondary N) is 1. The number of nitrogens with zero attached hydrogens (tertiary/aromatic N) is 1. The maximum absolute atomic E-state index is 11.8. The van der Waals surface area contributed by atoms with Crippen molar-refractivity contribution < 1.29 is 19.1 Å². The molecule has 0 aliphatic rings. The molecule has 1 N–H and O–H groups in total. The Hall–Kier alpha value is -2.37. The highest BCUT2D eigenvalue weighted by Crippen LogP contribution is 2.16. The number of unbranched alkanes of at least 4 members (excludes halogenated alkanes) is 1. The smallest absolute Gasteiger partial charge is 0.337 e. The van der Waals surface area contributed by atoms with Gasteiger partial charge in [0.1, 0.15) is 0 Å². The molecular formula is C17H24N2O4. The summed E-state index contributed by atoms with van der Waals surface area (Å²) in [5.41, 5.74) is 1.10. The summed E-state index contributed by atoms with van der Waals surface area (Å²) in [6.45, 7) is 4.27. The lowest BCUT2D eigenvalue weighted by molar-refractivity contribution is -0.121. The van der Waals surface area contributed by atoms with Crippen molar-refractivity contribution in [2.45, 2.75) is 33.1 Å². The van der Waals surface area contributed by atoms with E-state index in [0.29, 0.717) is 30.8 Å². The van der Waals surface area contributed by atoms with Crippen LogP contribution in [0.1, 0.15) is 43.5 Å². The van der Waals surface area contributed by atoms with Gasteiger partial charge in [0.25, 0.3) is 0 Å². The number of carbonyl (C=O) groups is 3. The van der Waals surface area contributed by atoms with Crippen molar-refractivity contribution in [3.8, 4) is 0 Å².